The molecule has 0 radical (unpaired) electrons. The fourth-order valence-corrected chi connectivity index (χ4v) is 3.13. The highest BCUT2D eigenvalue weighted by atomic mass is 16.5. The Morgan fingerprint density at radius 1 is 0.840 bits per heavy atom. The minimum Gasteiger partial charge on any atom is -0.493 e. The van der Waals surface area contributed by atoms with E-state index >= 15 is 0 Å². The van der Waals surface area contributed by atoms with E-state index in [0.29, 0.717) is 5.75 Å². The molecule has 124 valence electrons. The second-order valence-corrected chi connectivity index (χ2v) is 5.94. The molecule has 4 heteroatoms. The largest absolute Gasteiger partial charge is 0.493 e. The van der Waals surface area contributed by atoms with Crippen molar-refractivity contribution < 1.29 is 9.47 Å². The first-order valence-corrected chi connectivity index (χ1v) is 8.11. The molecule has 0 aliphatic rings. The van der Waals surface area contributed by atoms with Crippen LogP contribution in [0, 0.1) is 0 Å². The molecule has 0 aliphatic heterocycles. The number of fused-ring (bicyclic) bond motifs is 2. The highest BCUT2D eigenvalue weighted by molar-refractivity contribution is 5.88. The Balaban J connectivity index is 1.79. The maximum atomic E-state index is 5.45. The fraction of sp³-hybridized carbons (Fsp3) is 0.143. The molecule has 4 aromatic rings. The number of nitrogens with zero attached hydrogens (tertiary/aromatic N) is 2. The average molecular weight is 330 g/mol. The number of benzene rings is 2. The molecule has 0 amide bonds. The second kappa shape index (κ2) is 6.40. The number of ether oxygens (including phenoxy) is 2. The molecular weight excluding hydrogens is 312 g/mol. The van der Waals surface area contributed by atoms with Crippen LogP contribution in [-0.2, 0) is 6.42 Å². The molecule has 0 atom stereocenters. The SMILES string of the molecule is COc1cc2cncc(Cc3cnc4ccccc4c3)c2cc1OC. The molecule has 0 unspecified atom stereocenters. The van der Waals surface area contributed by atoms with Gasteiger partial charge in [0.2, 0.25) is 0 Å². The quantitative estimate of drug-likeness (QED) is 0.556. The van der Waals surface area contributed by atoms with Crippen molar-refractivity contribution in [3.05, 3.63) is 72.2 Å². The molecule has 0 fully saturated rings. The molecule has 2 aromatic heterocycles. The summed E-state index contributed by atoms with van der Waals surface area (Å²) in [6, 6.07) is 14.3. The number of hydrogen-bond donors (Lipinski definition) is 0. The van der Waals surface area contributed by atoms with E-state index in [9.17, 15) is 0 Å². The Labute approximate surface area is 146 Å². The standard InChI is InChI=1S/C21H18N2O2/c1-24-20-9-17-13-22-12-16(18(17)10-21(20)25-2)8-14-7-15-5-3-4-6-19(15)23-11-14/h3-7,9-13H,8H2,1-2H3. The van der Waals surface area contributed by atoms with Crippen LogP contribution in [0.2, 0.25) is 0 Å². The lowest BCUT2D eigenvalue weighted by Crippen LogP contribution is -1.95. The summed E-state index contributed by atoms with van der Waals surface area (Å²) in [7, 11) is 3.29. The normalized spacial score (nSPS) is 11.0. The van der Waals surface area contributed by atoms with Crippen LogP contribution in [0.4, 0.5) is 0 Å². The minimum absolute atomic E-state index is 0.710. The van der Waals surface area contributed by atoms with Crippen molar-refractivity contribution >= 4 is 21.7 Å². The second-order valence-electron chi connectivity index (χ2n) is 5.94. The monoisotopic (exact) mass is 330 g/mol. The van der Waals surface area contributed by atoms with Crippen LogP contribution in [0.1, 0.15) is 11.1 Å². The maximum absolute atomic E-state index is 5.45. The summed E-state index contributed by atoms with van der Waals surface area (Å²) in [5, 5.41) is 3.29. The Morgan fingerprint density at radius 2 is 1.64 bits per heavy atom. The Hall–Kier alpha value is -3.14. The van der Waals surface area contributed by atoms with E-state index in [-0.39, 0.29) is 0 Å². The molecule has 0 spiro atoms. The van der Waals surface area contributed by atoms with Crippen molar-refractivity contribution in [2.24, 2.45) is 0 Å². The van der Waals surface area contributed by atoms with E-state index < -0.39 is 0 Å². The van der Waals surface area contributed by atoms with Crippen molar-refractivity contribution in [3.63, 3.8) is 0 Å². The zero-order valence-electron chi connectivity index (χ0n) is 14.2. The molecule has 25 heavy (non-hydrogen) atoms. The zero-order chi connectivity index (χ0) is 17.2. The Morgan fingerprint density at radius 3 is 2.48 bits per heavy atom. The molecule has 0 N–H and O–H groups in total. The van der Waals surface area contributed by atoms with Gasteiger partial charge < -0.3 is 9.47 Å². The molecular formula is C21H18N2O2. The van der Waals surface area contributed by atoms with Crippen LogP contribution >= 0.6 is 0 Å². The number of para-hydroxylation sites is 1. The molecule has 0 saturated heterocycles. The predicted octanol–water partition coefficient (Wildman–Crippen LogP) is 4.39. The number of hydrogen-bond acceptors (Lipinski definition) is 4. The van der Waals surface area contributed by atoms with E-state index in [2.05, 4.69) is 22.1 Å². The van der Waals surface area contributed by atoms with Gasteiger partial charge in [0.15, 0.2) is 11.5 Å². The summed E-state index contributed by atoms with van der Waals surface area (Å²) in [6.07, 6.45) is 6.45. The van der Waals surface area contributed by atoms with Gasteiger partial charge >= 0.3 is 0 Å². The Kier molecular flexibility index (Phi) is 3.94. The van der Waals surface area contributed by atoms with Crippen LogP contribution in [0.25, 0.3) is 21.7 Å². The maximum Gasteiger partial charge on any atom is 0.161 e. The van der Waals surface area contributed by atoms with Gasteiger partial charge in [-0.3, -0.25) is 9.97 Å². The van der Waals surface area contributed by atoms with Crippen molar-refractivity contribution in [2.45, 2.75) is 6.42 Å². The summed E-state index contributed by atoms with van der Waals surface area (Å²) in [5.74, 6) is 1.43. The Bertz CT molecular complexity index is 1060. The van der Waals surface area contributed by atoms with Crippen LogP contribution in [0.3, 0.4) is 0 Å². The third-order valence-electron chi connectivity index (χ3n) is 4.39. The van der Waals surface area contributed by atoms with E-state index in [1.54, 1.807) is 14.2 Å². The first-order chi connectivity index (χ1) is 12.3. The van der Waals surface area contributed by atoms with E-state index in [1.807, 2.05) is 48.9 Å². The van der Waals surface area contributed by atoms with Crippen LogP contribution in [0.5, 0.6) is 11.5 Å². The van der Waals surface area contributed by atoms with E-state index in [4.69, 9.17) is 9.47 Å². The highest BCUT2D eigenvalue weighted by Gasteiger charge is 2.10. The van der Waals surface area contributed by atoms with Crippen molar-refractivity contribution in [1.29, 1.82) is 0 Å². The van der Waals surface area contributed by atoms with Crippen LogP contribution < -0.4 is 9.47 Å². The van der Waals surface area contributed by atoms with Crippen molar-refractivity contribution in [2.75, 3.05) is 14.2 Å². The van der Waals surface area contributed by atoms with E-state index in [0.717, 1.165) is 45.0 Å². The van der Waals surface area contributed by atoms with Crippen molar-refractivity contribution in [3.8, 4) is 11.5 Å². The van der Waals surface area contributed by atoms with E-state index in [1.165, 1.54) is 0 Å². The lowest BCUT2D eigenvalue weighted by Gasteiger charge is -2.12. The van der Waals surface area contributed by atoms with Gasteiger partial charge in [-0.2, -0.15) is 0 Å². The lowest BCUT2D eigenvalue weighted by molar-refractivity contribution is 0.356. The highest BCUT2D eigenvalue weighted by Crippen LogP contribution is 2.33. The van der Waals surface area contributed by atoms with Gasteiger partial charge in [-0.15, -0.1) is 0 Å². The van der Waals surface area contributed by atoms with Gasteiger partial charge in [-0.05, 0) is 40.8 Å². The first kappa shape index (κ1) is 15.4. The third-order valence-corrected chi connectivity index (χ3v) is 4.39. The van der Waals surface area contributed by atoms with Gasteiger partial charge in [0, 0.05) is 35.8 Å². The average Bonchev–Trinajstić information content (AvgIpc) is 2.67. The summed E-state index contributed by atoms with van der Waals surface area (Å²) in [4.78, 5) is 8.94. The zero-order valence-corrected chi connectivity index (χ0v) is 14.2. The van der Waals surface area contributed by atoms with Gasteiger partial charge in [0.25, 0.3) is 0 Å². The van der Waals surface area contributed by atoms with Crippen LogP contribution in [0.15, 0.2) is 61.1 Å². The molecule has 0 bridgehead atoms. The van der Waals surface area contributed by atoms with Gasteiger partial charge in [-0.1, -0.05) is 18.2 Å². The predicted molar refractivity (Wildman–Crippen MR) is 99.4 cm³/mol. The fourth-order valence-electron chi connectivity index (χ4n) is 3.13. The number of methoxy groups -OCH3 is 2. The molecule has 0 aliphatic carbocycles. The van der Waals surface area contributed by atoms with Gasteiger partial charge in [-0.25, -0.2) is 0 Å². The third kappa shape index (κ3) is 2.87. The molecule has 4 rings (SSSR count). The smallest absolute Gasteiger partial charge is 0.161 e. The van der Waals surface area contributed by atoms with Crippen molar-refractivity contribution in [1.82, 2.24) is 9.97 Å². The summed E-state index contributed by atoms with van der Waals surface area (Å²) < 4.78 is 10.8. The molecule has 4 nitrogen and oxygen atoms in total. The number of aromatic nitrogens is 2. The number of rotatable bonds is 4. The van der Waals surface area contributed by atoms with Crippen LogP contribution in [-0.4, -0.2) is 24.2 Å². The lowest BCUT2D eigenvalue weighted by atomic mass is 10.0. The first-order valence-electron chi connectivity index (χ1n) is 8.11. The topological polar surface area (TPSA) is 44.2 Å². The molecule has 0 saturated carbocycles. The van der Waals surface area contributed by atoms with Gasteiger partial charge in [0.05, 0.1) is 19.7 Å². The molecule has 2 heterocycles. The summed E-state index contributed by atoms with van der Waals surface area (Å²) in [5.41, 5.74) is 3.30. The summed E-state index contributed by atoms with van der Waals surface area (Å²) in [6.45, 7) is 0. The minimum atomic E-state index is 0.710. The van der Waals surface area contributed by atoms with Gasteiger partial charge in [0.1, 0.15) is 0 Å². The number of pyridine rings is 2. The molecule has 2 aromatic carbocycles. The summed E-state index contributed by atoms with van der Waals surface area (Å²) >= 11 is 0.